The van der Waals surface area contributed by atoms with Crippen LogP contribution in [0.1, 0.15) is 28.4 Å². The molecule has 0 aliphatic rings. The molecule has 0 saturated heterocycles. The average Bonchev–Trinajstić information content (AvgIpc) is 2.80. The average molecular weight is 394 g/mol. The molecule has 4 aromatic rings. The Morgan fingerprint density at radius 1 is 0.700 bits per heavy atom. The van der Waals surface area contributed by atoms with E-state index in [4.69, 9.17) is 0 Å². The summed E-state index contributed by atoms with van der Waals surface area (Å²) in [4.78, 5) is 25.6. The Labute approximate surface area is 175 Å². The topological polar surface area (TPSA) is 58.2 Å². The maximum atomic E-state index is 12.9. The van der Waals surface area contributed by atoms with E-state index in [2.05, 4.69) is 10.6 Å². The molecule has 0 radical (unpaired) electrons. The number of amides is 2. The van der Waals surface area contributed by atoms with Crippen molar-refractivity contribution in [3.8, 4) is 0 Å². The summed E-state index contributed by atoms with van der Waals surface area (Å²) in [5.41, 5.74) is 2.21. The van der Waals surface area contributed by atoms with Gasteiger partial charge in [-0.05, 0) is 29.1 Å². The predicted octanol–water partition coefficient (Wildman–Crippen LogP) is 5.34. The number of rotatable bonds is 6. The summed E-state index contributed by atoms with van der Waals surface area (Å²) in [6, 6.07) is 31.9. The van der Waals surface area contributed by atoms with Gasteiger partial charge in [0.15, 0.2) is 0 Å². The van der Waals surface area contributed by atoms with Gasteiger partial charge in [0.1, 0.15) is 0 Å². The molecule has 4 nitrogen and oxygen atoms in total. The molecule has 4 rings (SSSR count). The van der Waals surface area contributed by atoms with Crippen LogP contribution in [0.3, 0.4) is 0 Å². The molecule has 4 heteroatoms. The van der Waals surface area contributed by atoms with Crippen molar-refractivity contribution in [3.63, 3.8) is 0 Å². The first-order valence-corrected chi connectivity index (χ1v) is 9.89. The fourth-order valence-corrected chi connectivity index (χ4v) is 3.49. The highest BCUT2D eigenvalue weighted by molar-refractivity contribution is 6.02. The SMILES string of the molecule is O=C(C[C@H](NC(=O)c1ccccc1)c1ccccc1)Nc1cccc2ccccc12. The van der Waals surface area contributed by atoms with Crippen molar-refractivity contribution < 1.29 is 9.59 Å². The lowest BCUT2D eigenvalue weighted by Gasteiger charge is -2.19. The van der Waals surface area contributed by atoms with E-state index in [9.17, 15) is 9.59 Å². The van der Waals surface area contributed by atoms with E-state index in [1.807, 2.05) is 91.0 Å². The molecular formula is C26H22N2O2. The third-order valence-electron chi connectivity index (χ3n) is 5.00. The standard InChI is InChI=1S/C26H22N2O2/c29-25(27-23-17-9-15-19-10-7-8-16-22(19)23)18-24(20-11-3-1-4-12-20)28-26(30)21-13-5-2-6-14-21/h1-17,24H,18H2,(H,27,29)(H,28,30)/t24-/m0/s1. The zero-order chi connectivity index (χ0) is 20.8. The van der Waals surface area contributed by atoms with Crippen LogP contribution in [0.5, 0.6) is 0 Å². The minimum absolute atomic E-state index is 0.131. The summed E-state index contributed by atoms with van der Waals surface area (Å²) < 4.78 is 0. The van der Waals surface area contributed by atoms with Gasteiger partial charge in [-0.2, -0.15) is 0 Å². The van der Waals surface area contributed by atoms with Crippen LogP contribution in [-0.2, 0) is 4.79 Å². The Morgan fingerprint density at radius 2 is 1.33 bits per heavy atom. The van der Waals surface area contributed by atoms with E-state index < -0.39 is 6.04 Å². The van der Waals surface area contributed by atoms with Gasteiger partial charge in [0.25, 0.3) is 5.91 Å². The molecule has 30 heavy (non-hydrogen) atoms. The van der Waals surface area contributed by atoms with Crippen molar-refractivity contribution in [2.45, 2.75) is 12.5 Å². The monoisotopic (exact) mass is 394 g/mol. The summed E-state index contributed by atoms with van der Waals surface area (Å²) in [5.74, 6) is -0.365. The molecule has 0 aliphatic carbocycles. The third-order valence-corrected chi connectivity index (χ3v) is 5.00. The lowest BCUT2D eigenvalue weighted by Crippen LogP contribution is -2.31. The Morgan fingerprint density at radius 3 is 2.10 bits per heavy atom. The predicted molar refractivity (Wildman–Crippen MR) is 120 cm³/mol. The molecule has 0 unspecified atom stereocenters. The minimum atomic E-state index is -0.436. The van der Waals surface area contributed by atoms with Crippen LogP contribution in [0.25, 0.3) is 10.8 Å². The van der Waals surface area contributed by atoms with Crippen molar-refractivity contribution in [3.05, 3.63) is 114 Å². The summed E-state index contributed by atoms with van der Waals surface area (Å²) >= 11 is 0. The van der Waals surface area contributed by atoms with E-state index in [1.165, 1.54) is 0 Å². The van der Waals surface area contributed by atoms with Gasteiger partial charge in [-0.3, -0.25) is 9.59 Å². The molecule has 0 bridgehead atoms. The molecule has 0 aromatic heterocycles. The molecule has 0 aliphatic heterocycles. The first-order valence-electron chi connectivity index (χ1n) is 9.89. The first kappa shape index (κ1) is 19.4. The summed E-state index contributed by atoms with van der Waals surface area (Å²) in [5, 5.41) is 8.06. The van der Waals surface area contributed by atoms with E-state index in [0.29, 0.717) is 5.56 Å². The third kappa shape index (κ3) is 4.55. The zero-order valence-electron chi connectivity index (χ0n) is 16.4. The molecule has 4 aromatic carbocycles. The molecule has 0 spiro atoms. The quantitative estimate of drug-likeness (QED) is 0.464. The van der Waals surface area contributed by atoms with Crippen LogP contribution in [-0.4, -0.2) is 11.8 Å². The van der Waals surface area contributed by atoms with Crippen LogP contribution in [0.15, 0.2) is 103 Å². The van der Waals surface area contributed by atoms with Gasteiger partial charge in [-0.15, -0.1) is 0 Å². The second kappa shape index (κ2) is 9.05. The lowest BCUT2D eigenvalue weighted by molar-refractivity contribution is -0.116. The molecule has 0 fully saturated rings. The number of anilines is 1. The van der Waals surface area contributed by atoms with Gasteiger partial charge in [0.2, 0.25) is 5.91 Å². The van der Waals surface area contributed by atoms with Crippen molar-refractivity contribution in [1.29, 1.82) is 0 Å². The number of fused-ring (bicyclic) bond motifs is 1. The number of hydrogen-bond donors (Lipinski definition) is 2. The maximum Gasteiger partial charge on any atom is 0.251 e. The van der Waals surface area contributed by atoms with Gasteiger partial charge >= 0.3 is 0 Å². The van der Waals surface area contributed by atoms with Crippen LogP contribution in [0.4, 0.5) is 5.69 Å². The molecular weight excluding hydrogens is 372 g/mol. The van der Waals surface area contributed by atoms with Crippen molar-refractivity contribution in [2.75, 3.05) is 5.32 Å². The fourth-order valence-electron chi connectivity index (χ4n) is 3.49. The highest BCUT2D eigenvalue weighted by Crippen LogP contribution is 2.24. The van der Waals surface area contributed by atoms with Crippen LogP contribution in [0.2, 0.25) is 0 Å². The Hall–Kier alpha value is -3.92. The van der Waals surface area contributed by atoms with E-state index in [-0.39, 0.29) is 18.2 Å². The number of carbonyl (C=O) groups is 2. The largest absolute Gasteiger partial charge is 0.345 e. The summed E-state index contributed by atoms with van der Waals surface area (Å²) in [6.07, 6.45) is 0.131. The van der Waals surface area contributed by atoms with Crippen molar-refractivity contribution >= 4 is 28.3 Å². The van der Waals surface area contributed by atoms with Gasteiger partial charge in [0, 0.05) is 16.6 Å². The van der Waals surface area contributed by atoms with Crippen molar-refractivity contribution in [1.82, 2.24) is 5.32 Å². The van der Waals surface area contributed by atoms with Gasteiger partial charge in [0.05, 0.1) is 12.5 Å². The number of benzene rings is 4. The van der Waals surface area contributed by atoms with E-state index in [0.717, 1.165) is 22.0 Å². The van der Waals surface area contributed by atoms with Crippen LogP contribution >= 0.6 is 0 Å². The van der Waals surface area contributed by atoms with E-state index >= 15 is 0 Å². The maximum absolute atomic E-state index is 12.9. The van der Waals surface area contributed by atoms with Gasteiger partial charge in [-0.1, -0.05) is 84.9 Å². The lowest BCUT2D eigenvalue weighted by atomic mass is 10.0. The second-order valence-corrected chi connectivity index (χ2v) is 7.08. The first-order chi connectivity index (χ1) is 14.7. The van der Waals surface area contributed by atoms with E-state index in [1.54, 1.807) is 12.1 Å². The highest BCUT2D eigenvalue weighted by Gasteiger charge is 2.19. The Kier molecular flexibility index (Phi) is 5.85. The smallest absolute Gasteiger partial charge is 0.251 e. The van der Waals surface area contributed by atoms with Gasteiger partial charge < -0.3 is 10.6 Å². The molecule has 0 heterocycles. The number of hydrogen-bond acceptors (Lipinski definition) is 2. The summed E-state index contributed by atoms with van der Waals surface area (Å²) in [6.45, 7) is 0. The normalized spacial score (nSPS) is 11.6. The fraction of sp³-hybridized carbons (Fsp3) is 0.0769. The highest BCUT2D eigenvalue weighted by atomic mass is 16.2. The zero-order valence-corrected chi connectivity index (χ0v) is 16.4. The molecule has 148 valence electrons. The van der Waals surface area contributed by atoms with Gasteiger partial charge in [-0.25, -0.2) is 0 Å². The minimum Gasteiger partial charge on any atom is -0.345 e. The van der Waals surface area contributed by atoms with Crippen molar-refractivity contribution in [2.24, 2.45) is 0 Å². The van der Waals surface area contributed by atoms with Crippen LogP contribution in [0, 0.1) is 0 Å². The Bertz CT molecular complexity index is 1150. The molecule has 2 N–H and O–H groups in total. The number of nitrogens with one attached hydrogen (secondary N) is 2. The Balaban J connectivity index is 1.54. The molecule has 0 saturated carbocycles. The summed E-state index contributed by atoms with van der Waals surface area (Å²) in [7, 11) is 0. The van der Waals surface area contributed by atoms with Crippen LogP contribution < -0.4 is 10.6 Å². The molecule has 2 amide bonds. The number of carbonyl (C=O) groups excluding carboxylic acids is 2. The molecule has 1 atom stereocenters. The second-order valence-electron chi connectivity index (χ2n) is 7.08.